The second kappa shape index (κ2) is 7.44. The van der Waals surface area contributed by atoms with E-state index in [1.165, 1.54) is 0 Å². The Labute approximate surface area is 93.2 Å². The van der Waals surface area contributed by atoms with Crippen molar-refractivity contribution < 1.29 is 9.05 Å². The lowest BCUT2D eigenvalue weighted by molar-refractivity contribution is 0.315. The van der Waals surface area contributed by atoms with E-state index in [0.717, 1.165) is 25.0 Å². The molecule has 1 atom stereocenters. The molecule has 3 heteroatoms. The van der Waals surface area contributed by atoms with E-state index >= 15 is 0 Å². The molecule has 0 radical (unpaired) electrons. The normalized spacial score (nSPS) is 10.7. The van der Waals surface area contributed by atoms with E-state index in [1.807, 2.05) is 30.3 Å². The minimum absolute atomic E-state index is 0.0484. The van der Waals surface area contributed by atoms with Gasteiger partial charge in [-0.2, -0.15) is 0 Å². The summed E-state index contributed by atoms with van der Waals surface area (Å²) in [5, 5.41) is 0. The fourth-order valence-corrected chi connectivity index (χ4v) is 1.53. The molecule has 1 aromatic carbocycles. The number of hydrogen-bond acceptors (Lipinski definition) is 2. The summed E-state index contributed by atoms with van der Waals surface area (Å²) >= 11 is 0. The molecule has 0 aliphatic rings. The van der Waals surface area contributed by atoms with Crippen LogP contribution in [0.2, 0.25) is 0 Å². The molecule has 0 N–H and O–H groups in total. The van der Waals surface area contributed by atoms with E-state index in [1.54, 1.807) is 0 Å². The maximum Gasteiger partial charge on any atom is 0.215 e. The Hall–Kier alpha value is -0.850. The molecule has 0 spiro atoms. The van der Waals surface area contributed by atoms with Gasteiger partial charge in [-0.05, 0) is 6.42 Å². The van der Waals surface area contributed by atoms with Crippen LogP contribution < -0.4 is 0 Å². The Morgan fingerprint density at radius 1 is 1.33 bits per heavy atom. The van der Waals surface area contributed by atoms with E-state index in [2.05, 4.69) is 13.5 Å². The van der Waals surface area contributed by atoms with Crippen molar-refractivity contribution in [2.45, 2.75) is 19.8 Å². The second-order valence-electron chi connectivity index (χ2n) is 3.18. The van der Waals surface area contributed by atoms with Gasteiger partial charge in [-0.15, -0.1) is 0 Å². The smallest absolute Gasteiger partial charge is 0.215 e. The van der Waals surface area contributed by atoms with Gasteiger partial charge in [0.1, 0.15) is 5.76 Å². The monoisotopic (exact) mass is 224 g/mol. The first-order valence-corrected chi connectivity index (χ1v) is 5.94. The van der Waals surface area contributed by atoms with E-state index in [9.17, 15) is 0 Å². The highest BCUT2D eigenvalue weighted by molar-refractivity contribution is 7.26. The summed E-state index contributed by atoms with van der Waals surface area (Å²) in [6, 6.07) is 9.84. The molecule has 0 amide bonds. The van der Waals surface area contributed by atoms with Crippen molar-refractivity contribution in [1.29, 1.82) is 0 Å². The number of rotatable bonds is 7. The van der Waals surface area contributed by atoms with Gasteiger partial charge in [0.2, 0.25) is 9.03 Å². The maximum absolute atomic E-state index is 5.39. The summed E-state index contributed by atoms with van der Waals surface area (Å²) in [6.45, 7) is 6.74. The van der Waals surface area contributed by atoms with Crippen molar-refractivity contribution in [1.82, 2.24) is 0 Å². The molecule has 0 aromatic heterocycles. The largest absolute Gasteiger partial charge is 0.450 e. The van der Waals surface area contributed by atoms with Gasteiger partial charge in [0, 0.05) is 5.56 Å². The van der Waals surface area contributed by atoms with Crippen LogP contribution in [0.5, 0.6) is 0 Å². The topological polar surface area (TPSA) is 18.5 Å². The molecule has 0 bridgehead atoms. The third-order valence-electron chi connectivity index (χ3n) is 1.92. The summed E-state index contributed by atoms with van der Waals surface area (Å²) < 4.78 is 10.7. The summed E-state index contributed by atoms with van der Waals surface area (Å²) in [7, 11) is 0.0484. The summed E-state index contributed by atoms with van der Waals surface area (Å²) in [5.74, 6) is 0.672. The molecule has 82 valence electrons. The third kappa shape index (κ3) is 4.96. The van der Waals surface area contributed by atoms with Gasteiger partial charge in [0.15, 0.2) is 0 Å². The molecule has 0 heterocycles. The highest BCUT2D eigenvalue weighted by Gasteiger charge is 1.98. The van der Waals surface area contributed by atoms with Crippen LogP contribution in [0.1, 0.15) is 25.3 Å². The molecular formula is C12H17O2P. The highest BCUT2D eigenvalue weighted by atomic mass is 31.1. The first-order valence-electron chi connectivity index (χ1n) is 5.12. The van der Waals surface area contributed by atoms with Crippen molar-refractivity contribution in [3.63, 3.8) is 0 Å². The molecule has 0 aliphatic heterocycles. The Balaban J connectivity index is 2.20. The first-order chi connectivity index (χ1) is 7.34. The minimum Gasteiger partial charge on any atom is -0.450 e. The molecular weight excluding hydrogens is 207 g/mol. The maximum atomic E-state index is 5.39. The molecule has 0 fully saturated rings. The average Bonchev–Trinajstić information content (AvgIpc) is 2.30. The molecule has 15 heavy (non-hydrogen) atoms. The lowest BCUT2D eigenvalue weighted by Gasteiger charge is -2.08. The lowest BCUT2D eigenvalue weighted by atomic mass is 10.2. The van der Waals surface area contributed by atoms with Crippen LogP contribution in [0.25, 0.3) is 5.76 Å². The summed E-state index contributed by atoms with van der Waals surface area (Å²) in [4.78, 5) is 0. The van der Waals surface area contributed by atoms with E-state index in [4.69, 9.17) is 9.05 Å². The predicted molar refractivity (Wildman–Crippen MR) is 65.7 cm³/mol. The summed E-state index contributed by atoms with van der Waals surface area (Å²) in [6.07, 6.45) is 2.22. The predicted octanol–water partition coefficient (Wildman–Crippen LogP) is 4.00. The van der Waals surface area contributed by atoms with Gasteiger partial charge in [-0.3, -0.25) is 0 Å². The average molecular weight is 224 g/mol. The fraction of sp³-hybridized carbons (Fsp3) is 0.333. The van der Waals surface area contributed by atoms with E-state index in [0.29, 0.717) is 5.76 Å². The van der Waals surface area contributed by atoms with Gasteiger partial charge < -0.3 is 9.05 Å². The van der Waals surface area contributed by atoms with Crippen LogP contribution in [-0.2, 0) is 9.05 Å². The number of unbranched alkanes of at least 4 members (excludes halogenated alkanes) is 1. The molecule has 0 saturated carbocycles. The molecule has 2 nitrogen and oxygen atoms in total. The zero-order chi connectivity index (χ0) is 10.9. The molecule has 0 aliphatic carbocycles. The Kier molecular flexibility index (Phi) is 6.06. The SMILES string of the molecule is C=C(OPOCCCC)c1ccccc1. The Bertz CT molecular complexity index is 285. The van der Waals surface area contributed by atoms with Gasteiger partial charge in [0.25, 0.3) is 0 Å². The van der Waals surface area contributed by atoms with Crippen molar-refractivity contribution >= 4 is 14.8 Å². The van der Waals surface area contributed by atoms with Crippen molar-refractivity contribution in [2.75, 3.05) is 6.61 Å². The number of benzene rings is 1. The van der Waals surface area contributed by atoms with Crippen molar-refractivity contribution in [3.05, 3.63) is 42.5 Å². The molecule has 0 saturated heterocycles. The van der Waals surface area contributed by atoms with Crippen LogP contribution in [0.15, 0.2) is 36.9 Å². The zero-order valence-electron chi connectivity index (χ0n) is 9.03. The fourth-order valence-electron chi connectivity index (χ4n) is 1.02. The Morgan fingerprint density at radius 3 is 2.73 bits per heavy atom. The number of hydrogen-bond donors (Lipinski definition) is 0. The van der Waals surface area contributed by atoms with Crippen LogP contribution >= 0.6 is 9.03 Å². The van der Waals surface area contributed by atoms with Crippen LogP contribution in [0, 0.1) is 0 Å². The lowest BCUT2D eigenvalue weighted by Crippen LogP contribution is -1.86. The van der Waals surface area contributed by atoms with Gasteiger partial charge in [-0.25, -0.2) is 0 Å². The second-order valence-corrected chi connectivity index (χ2v) is 3.84. The highest BCUT2D eigenvalue weighted by Crippen LogP contribution is 2.24. The van der Waals surface area contributed by atoms with Crippen LogP contribution in [-0.4, -0.2) is 6.61 Å². The van der Waals surface area contributed by atoms with Crippen LogP contribution in [0.3, 0.4) is 0 Å². The Morgan fingerprint density at radius 2 is 2.07 bits per heavy atom. The minimum atomic E-state index is 0.0484. The molecule has 1 unspecified atom stereocenters. The van der Waals surface area contributed by atoms with E-state index in [-0.39, 0.29) is 9.03 Å². The molecule has 1 rings (SSSR count). The third-order valence-corrected chi connectivity index (χ3v) is 2.57. The van der Waals surface area contributed by atoms with Gasteiger partial charge >= 0.3 is 0 Å². The first kappa shape index (κ1) is 12.2. The van der Waals surface area contributed by atoms with E-state index < -0.39 is 0 Å². The molecule has 1 aromatic rings. The van der Waals surface area contributed by atoms with Gasteiger partial charge in [-0.1, -0.05) is 50.3 Å². The standard InChI is InChI=1S/C12H17O2P/c1-3-4-10-13-15-14-11(2)12-8-6-5-7-9-12/h5-9,15H,2-4,10H2,1H3. The summed E-state index contributed by atoms with van der Waals surface area (Å²) in [5.41, 5.74) is 1.00. The quantitative estimate of drug-likeness (QED) is 0.396. The van der Waals surface area contributed by atoms with Crippen LogP contribution in [0.4, 0.5) is 0 Å². The van der Waals surface area contributed by atoms with Crippen molar-refractivity contribution in [2.24, 2.45) is 0 Å². The van der Waals surface area contributed by atoms with Gasteiger partial charge in [0.05, 0.1) is 6.61 Å². The zero-order valence-corrected chi connectivity index (χ0v) is 10.0. The van der Waals surface area contributed by atoms with Crippen molar-refractivity contribution in [3.8, 4) is 0 Å².